The second-order valence-electron chi connectivity index (χ2n) is 13.9. The molecule has 2 aliphatic carbocycles. The predicted octanol–water partition coefficient (Wildman–Crippen LogP) is -0.415. The van der Waals surface area contributed by atoms with Crippen LogP contribution in [0.15, 0.2) is 0 Å². The number of hydrogen-bond acceptors (Lipinski definition) is 14. The van der Waals surface area contributed by atoms with E-state index in [1.165, 1.54) is 21.0 Å². The first-order valence-corrected chi connectivity index (χ1v) is 17.5. The maximum atomic E-state index is 12.8. The van der Waals surface area contributed by atoms with Gasteiger partial charge in [-0.3, -0.25) is 9.59 Å². The lowest BCUT2D eigenvalue weighted by Gasteiger charge is -2.49. The van der Waals surface area contributed by atoms with Crippen molar-refractivity contribution in [3.8, 4) is 0 Å². The Morgan fingerprint density at radius 1 is 0.898 bits per heavy atom. The summed E-state index contributed by atoms with van der Waals surface area (Å²) in [5.74, 6) is -3.20. The van der Waals surface area contributed by atoms with Gasteiger partial charge in [-0.1, -0.05) is 45.4 Å². The summed E-state index contributed by atoms with van der Waals surface area (Å²) in [6.45, 7) is 3.92. The van der Waals surface area contributed by atoms with Crippen LogP contribution in [-0.4, -0.2) is 142 Å². The lowest BCUT2D eigenvalue weighted by atomic mass is 9.76. The Labute approximate surface area is 286 Å². The molecule has 4 rings (SSSR count). The summed E-state index contributed by atoms with van der Waals surface area (Å²) < 4.78 is 35.6. The molecule has 4 fully saturated rings. The number of esters is 1. The summed E-state index contributed by atoms with van der Waals surface area (Å²) in [7, 11) is 1.26. The average molecular weight is 706 g/mol. The number of aliphatic hydroxyl groups is 5. The smallest absolute Gasteiger partial charge is 0.332 e. The minimum Gasteiger partial charge on any atom is -0.479 e. The summed E-state index contributed by atoms with van der Waals surface area (Å²) in [5.41, 5.74) is 0. The highest BCUT2D eigenvalue weighted by atomic mass is 16.7. The van der Waals surface area contributed by atoms with Gasteiger partial charge in [0.1, 0.15) is 42.7 Å². The topological polar surface area (TPSA) is 240 Å². The van der Waals surface area contributed by atoms with Crippen molar-refractivity contribution >= 4 is 17.8 Å². The van der Waals surface area contributed by atoms with Gasteiger partial charge < -0.3 is 64.4 Å². The Kier molecular flexibility index (Phi) is 14.6. The Bertz CT molecular complexity index is 1090. The number of aliphatic hydroxyl groups excluding tert-OH is 5. The minimum atomic E-state index is -1.62. The summed E-state index contributed by atoms with van der Waals surface area (Å²) in [6.07, 6.45) is -9.97. The molecule has 1 amide bonds. The van der Waals surface area contributed by atoms with Crippen LogP contribution < -0.4 is 5.32 Å². The van der Waals surface area contributed by atoms with Gasteiger partial charge in [0.2, 0.25) is 5.91 Å². The van der Waals surface area contributed by atoms with Gasteiger partial charge in [0.25, 0.3) is 0 Å². The van der Waals surface area contributed by atoms with Gasteiger partial charge in [-0.2, -0.15) is 0 Å². The molecule has 4 aliphatic rings. The molecule has 7 N–H and O–H groups in total. The highest BCUT2D eigenvalue weighted by Crippen LogP contribution is 2.40. The molecular formula is C33H55NO15. The van der Waals surface area contributed by atoms with Crippen LogP contribution >= 0.6 is 0 Å². The average Bonchev–Trinajstić information content (AvgIpc) is 3.08. The predicted molar refractivity (Wildman–Crippen MR) is 167 cm³/mol. The Balaban J connectivity index is 1.65. The van der Waals surface area contributed by atoms with Gasteiger partial charge in [0, 0.05) is 6.92 Å². The lowest BCUT2D eigenvalue weighted by molar-refractivity contribution is -0.338. The van der Waals surface area contributed by atoms with E-state index < -0.39 is 110 Å². The maximum absolute atomic E-state index is 12.8. The molecule has 49 heavy (non-hydrogen) atoms. The van der Waals surface area contributed by atoms with E-state index >= 15 is 0 Å². The maximum Gasteiger partial charge on any atom is 0.332 e. The third-order valence-corrected chi connectivity index (χ3v) is 10.5. The molecule has 12 unspecified atom stereocenters. The van der Waals surface area contributed by atoms with Crippen LogP contribution in [0.2, 0.25) is 0 Å². The van der Waals surface area contributed by atoms with Crippen LogP contribution in [-0.2, 0) is 42.8 Å². The quantitative estimate of drug-likeness (QED) is 0.121. The van der Waals surface area contributed by atoms with Gasteiger partial charge in [-0.25, -0.2) is 4.79 Å². The molecule has 2 heterocycles. The van der Waals surface area contributed by atoms with E-state index in [-0.39, 0.29) is 24.7 Å². The monoisotopic (exact) mass is 705 g/mol. The van der Waals surface area contributed by atoms with Crippen LogP contribution in [0, 0.1) is 17.8 Å². The Morgan fingerprint density at radius 2 is 1.59 bits per heavy atom. The van der Waals surface area contributed by atoms with Gasteiger partial charge >= 0.3 is 11.9 Å². The van der Waals surface area contributed by atoms with Crippen molar-refractivity contribution in [3.05, 3.63) is 0 Å². The Hall–Kier alpha value is -1.99. The number of rotatable bonds is 13. The second-order valence-corrected chi connectivity index (χ2v) is 13.9. The fourth-order valence-corrected chi connectivity index (χ4v) is 7.72. The number of carbonyl (C=O) groups is 3. The van der Waals surface area contributed by atoms with Gasteiger partial charge in [-0.15, -0.1) is 0 Å². The largest absolute Gasteiger partial charge is 0.479 e. The standard InChI is InChI=1S/C33H55NO15/c1-5-18-12-19(31(43)44-4)13-20(28(18)49-33-27(40)26(39)24(37)15(2)45-33)47-32-23(34-16(3)36)29(25(38)22(14-35)48-32)46-21(30(41)42)11-17-9-7-6-8-10-17/h15,17-29,32-33,35,37-40H,5-14H2,1-4H3,(H,34,36)(H,41,42)/t15?,18?,19?,20?,21-,22-,23?,24?,25?,26?,27?,28?,29?,32+,33?/m0/s1. The molecule has 0 aromatic carbocycles. The fraction of sp³-hybridized carbons (Fsp3) is 0.909. The third-order valence-electron chi connectivity index (χ3n) is 10.5. The van der Waals surface area contributed by atoms with Crippen molar-refractivity contribution in [1.82, 2.24) is 5.32 Å². The molecule has 0 aromatic heterocycles. The number of aliphatic carboxylic acids is 1. The zero-order valence-corrected chi connectivity index (χ0v) is 28.7. The van der Waals surface area contributed by atoms with Crippen molar-refractivity contribution in [2.24, 2.45) is 17.8 Å². The highest BCUT2D eigenvalue weighted by Gasteiger charge is 2.53. The Morgan fingerprint density at radius 3 is 2.18 bits per heavy atom. The molecule has 2 aliphatic heterocycles. The summed E-state index contributed by atoms with van der Waals surface area (Å²) in [5, 5.41) is 65.7. The van der Waals surface area contributed by atoms with E-state index in [1.807, 2.05) is 6.92 Å². The first-order valence-electron chi connectivity index (χ1n) is 17.5. The summed E-state index contributed by atoms with van der Waals surface area (Å²) in [6, 6.07) is -1.27. The van der Waals surface area contributed by atoms with Crippen LogP contribution in [0.25, 0.3) is 0 Å². The van der Waals surface area contributed by atoms with E-state index in [9.17, 15) is 45.0 Å². The normalized spacial score (nSPS) is 41.1. The molecule has 0 radical (unpaired) electrons. The van der Waals surface area contributed by atoms with Crippen molar-refractivity contribution < 1.29 is 73.4 Å². The highest BCUT2D eigenvalue weighted by molar-refractivity contribution is 5.74. The molecule has 16 nitrogen and oxygen atoms in total. The van der Waals surface area contributed by atoms with E-state index in [0.29, 0.717) is 12.8 Å². The second kappa shape index (κ2) is 18.0. The van der Waals surface area contributed by atoms with Crippen molar-refractivity contribution in [2.75, 3.05) is 13.7 Å². The van der Waals surface area contributed by atoms with E-state index in [2.05, 4.69) is 5.32 Å². The number of hydrogen-bond donors (Lipinski definition) is 7. The third kappa shape index (κ3) is 9.67. The van der Waals surface area contributed by atoms with Crippen LogP contribution in [0.4, 0.5) is 0 Å². The van der Waals surface area contributed by atoms with Gasteiger partial charge in [0.15, 0.2) is 18.7 Å². The molecule has 0 spiro atoms. The van der Waals surface area contributed by atoms with E-state index in [0.717, 1.165) is 32.1 Å². The number of nitrogens with one attached hydrogen (secondary N) is 1. The molecule has 2 saturated carbocycles. The number of methoxy groups -OCH3 is 1. The summed E-state index contributed by atoms with van der Waals surface area (Å²) >= 11 is 0. The van der Waals surface area contributed by atoms with Gasteiger partial charge in [0.05, 0.1) is 37.9 Å². The molecule has 0 aromatic rings. The lowest BCUT2D eigenvalue weighted by Crippen LogP contribution is -2.67. The van der Waals surface area contributed by atoms with Gasteiger partial charge in [-0.05, 0) is 38.0 Å². The minimum absolute atomic E-state index is 0.0291. The van der Waals surface area contributed by atoms with Crippen molar-refractivity contribution in [2.45, 2.75) is 158 Å². The van der Waals surface area contributed by atoms with Crippen LogP contribution in [0.5, 0.6) is 0 Å². The number of carboxylic acid groups (broad SMARTS) is 1. The molecule has 0 bridgehead atoms. The number of carboxylic acids is 1. The van der Waals surface area contributed by atoms with Crippen LogP contribution in [0.3, 0.4) is 0 Å². The first-order chi connectivity index (χ1) is 23.3. The zero-order valence-electron chi connectivity index (χ0n) is 28.7. The SMILES string of the molecule is CCC1CC(C(=O)OC)CC(O[C@@H]2O[C@@H](CO)C(O)C(O[C@@H](CC3CCCCC3)C(=O)O)C2NC(C)=O)C1OC1OC(C)C(O)C(O)C1O. The van der Waals surface area contributed by atoms with E-state index in [4.69, 9.17) is 28.4 Å². The number of ether oxygens (including phenoxy) is 6. The van der Waals surface area contributed by atoms with Crippen molar-refractivity contribution in [1.29, 1.82) is 0 Å². The fourth-order valence-electron chi connectivity index (χ4n) is 7.72. The zero-order chi connectivity index (χ0) is 36.0. The molecule has 2 saturated heterocycles. The molecular weight excluding hydrogens is 650 g/mol. The molecule has 15 atom stereocenters. The van der Waals surface area contributed by atoms with E-state index in [1.54, 1.807) is 0 Å². The number of carbonyl (C=O) groups excluding carboxylic acids is 2. The molecule has 282 valence electrons. The van der Waals surface area contributed by atoms with Crippen LogP contribution in [0.1, 0.15) is 78.6 Å². The summed E-state index contributed by atoms with van der Waals surface area (Å²) in [4.78, 5) is 37.8. The van der Waals surface area contributed by atoms with Crippen molar-refractivity contribution in [3.63, 3.8) is 0 Å². The number of amides is 1. The molecule has 16 heteroatoms. The first kappa shape index (κ1) is 39.8.